The Kier molecular flexibility index (Phi) is 6.67. The molecule has 0 aliphatic carbocycles. The number of benzene rings is 1. The third-order valence-electron chi connectivity index (χ3n) is 3.71. The second-order valence-corrected chi connectivity index (χ2v) is 5.88. The number of ether oxygens (including phenoxy) is 2. The summed E-state index contributed by atoms with van der Waals surface area (Å²) in [5.41, 5.74) is 0.582. The van der Waals surface area contributed by atoms with E-state index in [4.69, 9.17) is 9.47 Å². The molecule has 1 aliphatic rings. The maximum atomic E-state index is 12.2. The molecule has 1 aromatic rings. The molecule has 1 aromatic carbocycles. The normalized spacial score (nSPS) is 15.5. The predicted octanol–water partition coefficient (Wildman–Crippen LogP) is 1.12. The molecule has 23 heavy (non-hydrogen) atoms. The number of nitrogens with zero attached hydrogens (tertiary/aromatic N) is 1. The molecule has 0 bridgehead atoms. The Morgan fingerprint density at radius 2 is 2.04 bits per heavy atom. The molecule has 1 heterocycles. The summed E-state index contributed by atoms with van der Waals surface area (Å²) in [6.07, 6.45) is 0.0580. The van der Waals surface area contributed by atoms with E-state index in [0.717, 1.165) is 32.7 Å². The fraction of sp³-hybridized carbons (Fsp3) is 0.588. The van der Waals surface area contributed by atoms with Crippen LogP contribution in [0.5, 0.6) is 11.5 Å². The zero-order valence-corrected chi connectivity index (χ0v) is 14.2. The number of nitrogens with one attached hydrogen (secondary N) is 2. The topological polar surface area (TPSA) is 62.8 Å². The predicted molar refractivity (Wildman–Crippen MR) is 90.4 cm³/mol. The Hall–Kier alpha value is -1.79. The van der Waals surface area contributed by atoms with E-state index < -0.39 is 0 Å². The lowest BCUT2D eigenvalue weighted by atomic mass is 10.2. The van der Waals surface area contributed by atoms with Gasteiger partial charge in [0.1, 0.15) is 0 Å². The quantitative estimate of drug-likeness (QED) is 0.788. The van der Waals surface area contributed by atoms with E-state index in [1.165, 1.54) is 0 Å². The Balaban J connectivity index is 1.88. The van der Waals surface area contributed by atoms with Crippen LogP contribution in [0.2, 0.25) is 0 Å². The van der Waals surface area contributed by atoms with Crippen LogP contribution in [0.1, 0.15) is 24.2 Å². The van der Waals surface area contributed by atoms with Gasteiger partial charge in [-0.2, -0.15) is 0 Å². The molecule has 0 atom stereocenters. The summed E-state index contributed by atoms with van der Waals surface area (Å²) >= 11 is 0. The molecule has 1 saturated heterocycles. The van der Waals surface area contributed by atoms with Crippen LogP contribution in [0.3, 0.4) is 0 Å². The zero-order valence-electron chi connectivity index (χ0n) is 14.2. The van der Waals surface area contributed by atoms with Crippen molar-refractivity contribution >= 4 is 5.91 Å². The molecule has 1 aliphatic heterocycles. The highest BCUT2D eigenvalue weighted by molar-refractivity contribution is 5.94. The van der Waals surface area contributed by atoms with Crippen molar-refractivity contribution in [3.8, 4) is 11.5 Å². The molecule has 1 fully saturated rings. The van der Waals surface area contributed by atoms with Crippen LogP contribution < -0.4 is 20.1 Å². The maximum absolute atomic E-state index is 12.2. The standard InChI is InChI=1S/C17H27N3O3/c1-13(2)23-15-5-4-14(12-16(15)22-3)17(21)19-8-11-20-9-6-18-7-10-20/h4-5,12-13,18H,6-11H2,1-3H3,(H,19,21). The summed E-state index contributed by atoms with van der Waals surface area (Å²) in [4.78, 5) is 14.6. The summed E-state index contributed by atoms with van der Waals surface area (Å²) < 4.78 is 11.0. The first-order chi connectivity index (χ1) is 11.1. The van der Waals surface area contributed by atoms with Gasteiger partial charge >= 0.3 is 0 Å². The summed E-state index contributed by atoms with van der Waals surface area (Å²) in [6, 6.07) is 5.27. The molecule has 0 spiro atoms. The van der Waals surface area contributed by atoms with E-state index in [1.54, 1.807) is 25.3 Å². The average Bonchev–Trinajstić information content (AvgIpc) is 2.55. The molecule has 0 unspecified atom stereocenters. The van der Waals surface area contributed by atoms with E-state index >= 15 is 0 Å². The number of piperazine rings is 1. The Morgan fingerprint density at radius 3 is 2.70 bits per heavy atom. The number of hydrogen-bond acceptors (Lipinski definition) is 5. The molecular formula is C17H27N3O3. The highest BCUT2D eigenvalue weighted by atomic mass is 16.5. The first-order valence-electron chi connectivity index (χ1n) is 8.16. The molecule has 0 saturated carbocycles. The van der Waals surface area contributed by atoms with Crippen molar-refractivity contribution in [1.82, 2.24) is 15.5 Å². The number of methoxy groups -OCH3 is 1. The number of rotatable bonds is 7. The van der Waals surface area contributed by atoms with Crippen molar-refractivity contribution in [3.63, 3.8) is 0 Å². The number of carbonyl (C=O) groups excluding carboxylic acids is 1. The van der Waals surface area contributed by atoms with Gasteiger partial charge in [-0.3, -0.25) is 9.69 Å². The van der Waals surface area contributed by atoms with Crippen LogP contribution >= 0.6 is 0 Å². The van der Waals surface area contributed by atoms with E-state index in [2.05, 4.69) is 15.5 Å². The molecule has 2 N–H and O–H groups in total. The number of carbonyl (C=O) groups is 1. The van der Waals surface area contributed by atoms with Crippen molar-refractivity contribution in [1.29, 1.82) is 0 Å². The molecule has 0 radical (unpaired) electrons. The van der Waals surface area contributed by atoms with Crippen molar-refractivity contribution in [3.05, 3.63) is 23.8 Å². The smallest absolute Gasteiger partial charge is 0.251 e. The summed E-state index contributed by atoms with van der Waals surface area (Å²) in [6.45, 7) is 9.53. The van der Waals surface area contributed by atoms with Crippen LogP contribution in [0.25, 0.3) is 0 Å². The lowest BCUT2D eigenvalue weighted by Crippen LogP contribution is -2.46. The van der Waals surface area contributed by atoms with Gasteiger partial charge in [0.15, 0.2) is 11.5 Å². The minimum absolute atomic E-state index is 0.0580. The lowest BCUT2D eigenvalue weighted by molar-refractivity contribution is 0.0947. The average molecular weight is 321 g/mol. The highest BCUT2D eigenvalue weighted by Gasteiger charge is 2.13. The van der Waals surface area contributed by atoms with Crippen LogP contribution in [0.4, 0.5) is 0 Å². The van der Waals surface area contributed by atoms with Crippen LogP contribution in [-0.4, -0.2) is 63.3 Å². The van der Waals surface area contributed by atoms with Gasteiger partial charge in [-0.05, 0) is 32.0 Å². The largest absolute Gasteiger partial charge is 0.493 e. The second kappa shape index (κ2) is 8.74. The number of hydrogen-bond donors (Lipinski definition) is 2. The van der Waals surface area contributed by atoms with Gasteiger partial charge in [0.25, 0.3) is 5.91 Å². The highest BCUT2D eigenvalue weighted by Crippen LogP contribution is 2.28. The third kappa shape index (κ3) is 5.41. The van der Waals surface area contributed by atoms with E-state index in [1.807, 2.05) is 13.8 Å². The monoisotopic (exact) mass is 321 g/mol. The minimum atomic E-state index is -0.0884. The van der Waals surface area contributed by atoms with Crippen molar-refractivity contribution < 1.29 is 14.3 Å². The molecule has 128 valence electrons. The fourth-order valence-electron chi connectivity index (χ4n) is 2.52. The molecule has 6 nitrogen and oxygen atoms in total. The van der Waals surface area contributed by atoms with Gasteiger partial charge in [0, 0.05) is 44.8 Å². The van der Waals surface area contributed by atoms with Crippen molar-refractivity contribution in [2.75, 3.05) is 46.4 Å². The van der Waals surface area contributed by atoms with Crippen molar-refractivity contribution in [2.45, 2.75) is 20.0 Å². The second-order valence-electron chi connectivity index (χ2n) is 5.88. The van der Waals surface area contributed by atoms with E-state index in [0.29, 0.717) is 23.6 Å². The van der Waals surface area contributed by atoms with Crippen LogP contribution in [-0.2, 0) is 0 Å². The maximum Gasteiger partial charge on any atom is 0.251 e. The first kappa shape index (κ1) is 17.6. The molecule has 6 heteroatoms. The van der Waals surface area contributed by atoms with Crippen LogP contribution in [0, 0.1) is 0 Å². The Labute approximate surface area is 138 Å². The Bertz CT molecular complexity index is 514. The van der Waals surface area contributed by atoms with Crippen molar-refractivity contribution in [2.24, 2.45) is 0 Å². The minimum Gasteiger partial charge on any atom is -0.493 e. The van der Waals surface area contributed by atoms with Gasteiger partial charge in [-0.15, -0.1) is 0 Å². The third-order valence-corrected chi connectivity index (χ3v) is 3.71. The number of amides is 1. The van der Waals surface area contributed by atoms with Gasteiger partial charge in [0.05, 0.1) is 13.2 Å². The Morgan fingerprint density at radius 1 is 1.30 bits per heavy atom. The van der Waals surface area contributed by atoms with Gasteiger partial charge in [-0.25, -0.2) is 0 Å². The van der Waals surface area contributed by atoms with Gasteiger partial charge in [0.2, 0.25) is 0 Å². The fourth-order valence-corrected chi connectivity index (χ4v) is 2.52. The van der Waals surface area contributed by atoms with Crippen LogP contribution in [0.15, 0.2) is 18.2 Å². The summed E-state index contributed by atoms with van der Waals surface area (Å²) in [5, 5.41) is 6.28. The molecule has 0 aromatic heterocycles. The summed E-state index contributed by atoms with van der Waals surface area (Å²) in [5.74, 6) is 1.14. The van der Waals surface area contributed by atoms with E-state index in [-0.39, 0.29) is 12.0 Å². The summed E-state index contributed by atoms with van der Waals surface area (Å²) in [7, 11) is 1.58. The lowest BCUT2D eigenvalue weighted by Gasteiger charge is -2.27. The molecular weight excluding hydrogens is 294 g/mol. The first-order valence-corrected chi connectivity index (χ1v) is 8.16. The SMILES string of the molecule is COc1cc(C(=O)NCCN2CCNCC2)ccc1OC(C)C. The van der Waals surface area contributed by atoms with Gasteiger partial charge in [-0.1, -0.05) is 0 Å². The molecule has 1 amide bonds. The molecule has 2 rings (SSSR count). The zero-order chi connectivity index (χ0) is 16.7. The van der Waals surface area contributed by atoms with E-state index in [9.17, 15) is 4.79 Å². The van der Waals surface area contributed by atoms with Gasteiger partial charge < -0.3 is 20.1 Å².